The largest absolute Gasteiger partial charge is 0.495 e. The lowest BCUT2D eigenvalue weighted by molar-refractivity contribution is -0.138. The van der Waals surface area contributed by atoms with Crippen molar-refractivity contribution in [2.24, 2.45) is 5.41 Å². The van der Waals surface area contributed by atoms with Gasteiger partial charge in [0.2, 0.25) is 11.8 Å². The van der Waals surface area contributed by atoms with Crippen molar-refractivity contribution in [2.75, 3.05) is 19.0 Å². The molecule has 0 aliphatic rings. The van der Waals surface area contributed by atoms with Crippen molar-refractivity contribution < 1.29 is 14.3 Å². The number of aryl methyl sites for hydroxylation is 1. The summed E-state index contributed by atoms with van der Waals surface area (Å²) in [6.45, 7) is 3.71. The molecule has 2 aromatic carbocycles. The van der Waals surface area contributed by atoms with Crippen LogP contribution in [0.2, 0.25) is 5.02 Å². The fourth-order valence-electron chi connectivity index (χ4n) is 2.49. The van der Waals surface area contributed by atoms with Crippen LogP contribution in [0.15, 0.2) is 48.5 Å². The first-order valence-electron chi connectivity index (χ1n) is 8.82. The molecule has 0 radical (unpaired) electrons. The smallest absolute Gasteiger partial charge is 0.239 e. The highest BCUT2D eigenvalue weighted by molar-refractivity contribution is 6.32. The van der Waals surface area contributed by atoms with Crippen LogP contribution in [0, 0.1) is 5.41 Å². The maximum Gasteiger partial charge on any atom is 0.239 e. The van der Waals surface area contributed by atoms with Gasteiger partial charge < -0.3 is 15.4 Å². The van der Waals surface area contributed by atoms with Crippen molar-refractivity contribution >= 4 is 29.1 Å². The average molecular weight is 389 g/mol. The molecule has 0 unspecified atom stereocenters. The van der Waals surface area contributed by atoms with Crippen molar-refractivity contribution in [1.82, 2.24) is 5.32 Å². The molecule has 0 fully saturated rings. The van der Waals surface area contributed by atoms with Crippen LogP contribution in [0.5, 0.6) is 5.75 Å². The van der Waals surface area contributed by atoms with Gasteiger partial charge in [-0.3, -0.25) is 9.59 Å². The zero-order chi connectivity index (χ0) is 19.9. The SMILES string of the molecule is COc1ccc(NC(=O)C(C)(C)C(=O)NCCCc2ccccc2)cc1Cl. The standard InChI is InChI=1S/C21H25ClN2O3/c1-21(2,19(25)23-13-7-10-15-8-5-4-6-9-15)20(26)24-16-11-12-18(27-3)17(22)14-16/h4-6,8-9,11-12,14H,7,10,13H2,1-3H3,(H,23,25)(H,24,26). The summed E-state index contributed by atoms with van der Waals surface area (Å²) in [5.41, 5.74) is 0.523. The van der Waals surface area contributed by atoms with Crippen molar-refractivity contribution in [3.05, 3.63) is 59.1 Å². The van der Waals surface area contributed by atoms with Crippen LogP contribution < -0.4 is 15.4 Å². The highest BCUT2D eigenvalue weighted by Gasteiger charge is 2.35. The molecular formula is C21H25ClN2O3. The number of carbonyl (C=O) groups is 2. The Bertz CT molecular complexity index is 791. The van der Waals surface area contributed by atoms with Gasteiger partial charge in [0.15, 0.2) is 0 Å². The molecule has 0 aliphatic heterocycles. The minimum absolute atomic E-state index is 0.312. The number of benzene rings is 2. The van der Waals surface area contributed by atoms with Gasteiger partial charge in [-0.15, -0.1) is 0 Å². The zero-order valence-corrected chi connectivity index (χ0v) is 16.6. The third kappa shape index (κ3) is 5.73. The lowest BCUT2D eigenvalue weighted by Crippen LogP contribution is -2.45. The molecule has 144 valence electrons. The lowest BCUT2D eigenvalue weighted by atomic mass is 9.91. The number of hydrogen-bond donors (Lipinski definition) is 2. The number of amides is 2. The Morgan fingerprint density at radius 3 is 2.41 bits per heavy atom. The molecule has 2 aromatic rings. The van der Waals surface area contributed by atoms with E-state index in [1.54, 1.807) is 32.0 Å². The molecule has 0 saturated heterocycles. The van der Waals surface area contributed by atoms with Crippen molar-refractivity contribution in [3.63, 3.8) is 0 Å². The van der Waals surface area contributed by atoms with Gasteiger partial charge in [-0.1, -0.05) is 41.9 Å². The third-order valence-electron chi connectivity index (χ3n) is 4.32. The maximum atomic E-state index is 12.5. The van der Waals surface area contributed by atoms with Crippen LogP contribution >= 0.6 is 11.6 Å². The molecule has 0 aliphatic carbocycles. The van der Waals surface area contributed by atoms with Crippen molar-refractivity contribution in [2.45, 2.75) is 26.7 Å². The lowest BCUT2D eigenvalue weighted by Gasteiger charge is -2.23. The molecular weight excluding hydrogens is 364 g/mol. The molecule has 27 heavy (non-hydrogen) atoms. The van der Waals surface area contributed by atoms with Crippen LogP contribution in [0.1, 0.15) is 25.8 Å². The van der Waals surface area contributed by atoms with E-state index in [-0.39, 0.29) is 5.91 Å². The molecule has 2 N–H and O–H groups in total. The van der Waals surface area contributed by atoms with Crippen molar-refractivity contribution in [1.29, 1.82) is 0 Å². The first kappa shape index (κ1) is 20.8. The predicted molar refractivity (Wildman–Crippen MR) is 108 cm³/mol. The monoisotopic (exact) mass is 388 g/mol. The Balaban J connectivity index is 1.86. The van der Waals surface area contributed by atoms with E-state index in [4.69, 9.17) is 16.3 Å². The highest BCUT2D eigenvalue weighted by Crippen LogP contribution is 2.28. The Morgan fingerprint density at radius 2 is 1.78 bits per heavy atom. The molecule has 6 heteroatoms. The summed E-state index contributed by atoms with van der Waals surface area (Å²) in [7, 11) is 1.52. The number of anilines is 1. The molecule has 2 amide bonds. The van der Waals surface area contributed by atoms with E-state index < -0.39 is 11.3 Å². The number of nitrogens with one attached hydrogen (secondary N) is 2. The molecule has 0 atom stereocenters. The molecule has 0 saturated carbocycles. The highest BCUT2D eigenvalue weighted by atomic mass is 35.5. The van der Waals surface area contributed by atoms with Gasteiger partial charge in [0.25, 0.3) is 0 Å². The number of halogens is 1. The van der Waals surface area contributed by atoms with Crippen LogP contribution in [0.3, 0.4) is 0 Å². The summed E-state index contributed by atoms with van der Waals surface area (Å²) in [6.07, 6.45) is 1.68. The molecule has 2 rings (SSSR count). The summed E-state index contributed by atoms with van der Waals surface area (Å²) in [5.74, 6) is -0.193. The Labute approximate surface area is 165 Å². The first-order chi connectivity index (χ1) is 12.8. The number of hydrogen-bond acceptors (Lipinski definition) is 3. The van der Waals surface area contributed by atoms with Gasteiger partial charge in [0.05, 0.1) is 12.1 Å². The molecule has 0 aromatic heterocycles. The van der Waals surface area contributed by atoms with E-state index in [2.05, 4.69) is 22.8 Å². The Hall–Kier alpha value is -2.53. The number of carbonyl (C=O) groups excluding carboxylic acids is 2. The fraction of sp³-hybridized carbons (Fsp3) is 0.333. The Kier molecular flexibility index (Phi) is 7.25. The Morgan fingerprint density at radius 1 is 1.07 bits per heavy atom. The third-order valence-corrected chi connectivity index (χ3v) is 4.61. The van der Waals surface area contributed by atoms with E-state index >= 15 is 0 Å². The van der Waals surface area contributed by atoms with Crippen LogP contribution in [0.4, 0.5) is 5.69 Å². The quantitative estimate of drug-likeness (QED) is 0.529. The second kappa shape index (κ2) is 9.42. The van der Waals surface area contributed by atoms with Gasteiger partial charge in [-0.05, 0) is 50.5 Å². The second-order valence-electron chi connectivity index (χ2n) is 6.77. The first-order valence-corrected chi connectivity index (χ1v) is 9.19. The van der Waals surface area contributed by atoms with Gasteiger partial charge in [0.1, 0.15) is 11.2 Å². The molecule has 0 spiro atoms. The van der Waals surface area contributed by atoms with Gasteiger partial charge >= 0.3 is 0 Å². The van der Waals surface area contributed by atoms with E-state index in [9.17, 15) is 9.59 Å². The van der Waals surface area contributed by atoms with Gasteiger partial charge in [0, 0.05) is 12.2 Å². The minimum Gasteiger partial charge on any atom is -0.495 e. The summed E-state index contributed by atoms with van der Waals surface area (Å²) < 4.78 is 5.09. The second-order valence-corrected chi connectivity index (χ2v) is 7.18. The van der Waals surface area contributed by atoms with E-state index in [1.165, 1.54) is 12.7 Å². The molecule has 5 nitrogen and oxygen atoms in total. The molecule has 0 bridgehead atoms. The fourth-order valence-corrected chi connectivity index (χ4v) is 2.75. The number of ether oxygens (including phenoxy) is 1. The van der Waals surface area contributed by atoms with Gasteiger partial charge in [-0.2, -0.15) is 0 Å². The van der Waals surface area contributed by atoms with Crippen LogP contribution in [-0.2, 0) is 16.0 Å². The summed E-state index contributed by atoms with van der Waals surface area (Å²) >= 11 is 6.07. The van der Waals surface area contributed by atoms with Crippen LogP contribution in [0.25, 0.3) is 0 Å². The normalized spacial score (nSPS) is 11.0. The zero-order valence-electron chi connectivity index (χ0n) is 15.8. The van der Waals surface area contributed by atoms with E-state index in [1.807, 2.05) is 18.2 Å². The number of rotatable bonds is 8. The maximum absolute atomic E-state index is 12.5. The van der Waals surface area contributed by atoms with E-state index in [0.29, 0.717) is 23.0 Å². The summed E-state index contributed by atoms with van der Waals surface area (Å²) in [6, 6.07) is 15.0. The van der Waals surface area contributed by atoms with Gasteiger partial charge in [-0.25, -0.2) is 0 Å². The van der Waals surface area contributed by atoms with E-state index in [0.717, 1.165) is 12.8 Å². The van der Waals surface area contributed by atoms with Crippen LogP contribution in [-0.4, -0.2) is 25.5 Å². The average Bonchev–Trinajstić information content (AvgIpc) is 2.66. The number of methoxy groups -OCH3 is 1. The van der Waals surface area contributed by atoms with Crippen molar-refractivity contribution in [3.8, 4) is 5.75 Å². The summed E-state index contributed by atoms with van der Waals surface area (Å²) in [4.78, 5) is 25.0. The minimum atomic E-state index is -1.21. The predicted octanol–water partition coefficient (Wildman–Crippen LogP) is 4.06. The topological polar surface area (TPSA) is 67.4 Å². The molecule has 0 heterocycles. The summed E-state index contributed by atoms with van der Waals surface area (Å²) in [5, 5.41) is 5.96.